The largest absolute Gasteiger partial charge is 0.497 e. The van der Waals surface area contributed by atoms with E-state index in [1.54, 1.807) is 13.8 Å². The van der Waals surface area contributed by atoms with Crippen LogP contribution in [0.4, 0.5) is 13.6 Å². The Morgan fingerprint density at radius 3 is 2.40 bits per heavy atom. The molecule has 1 fully saturated rings. The molecule has 7 heteroatoms. The maximum absolute atomic E-state index is 14.0. The lowest BCUT2D eigenvalue weighted by molar-refractivity contribution is 0.0367. The van der Waals surface area contributed by atoms with E-state index in [2.05, 4.69) is 5.32 Å². The fraction of sp³-hybridized carbons (Fsp3) is 0.462. The molecule has 1 aliphatic rings. The molecular weight excluding hydrogens is 292 g/mol. The molecular formula is C13H16ClF2NO3. The van der Waals surface area contributed by atoms with E-state index in [0.29, 0.717) is 0 Å². The molecule has 0 radical (unpaired) electrons. The van der Waals surface area contributed by atoms with Crippen LogP contribution in [0.25, 0.3) is 0 Å². The van der Waals surface area contributed by atoms with Crippen molar-refractivity contribution in [1.82, 2.24) is 5.32 Å². The van der Waals surface area contributed by atoms with Crippen molar-refractivity contribution < 1.29 is 23.0 Å². The van der Waals surface area contributed by atoms with Crippen LogP contribution < -0.4 is 10.1 Å². The molecule has 2 rings (SSSR count). The summed E-state index contributed by atoms with van der Waals surface area (Å²) in [5, 5.41) is 2.46. The fourth-order valence-electron chi connectivity index (χ4n) is 2.11. The molecule has 0 aliphatic carbocycles. The van der Waals surface area contributed by atoms with Crippen LogP contribution in [0.2, 0.25) is 0 Å². The number of cyclic esters (lactones) is 1. The first-order valence-corrected chi connectivity index (χ1v) is 5.81. The van der Waals surface area contributed by atoms with Gasteiger partial charge >= 0.3 is 6.09 Å². The predicted octanol–water partition coefficient (Wildman–Crippen LogP) is 3.20. The Morgan fingerprint density at radius 1 is 1.35 bits per heavy atom. The maximum Gasteiger partial charge on any atom is 0.407 e. The third-order valence-electron chi connectivity index (χ3n) is 3.20. The third-order valence-corrected chi connectivity index (χ3v) is 3.20. The van der Waals surface area contributed by atoms with Gasteiger partial charge < -0.3 is 14.8 Å². The molecule has 1 aromatic rings. The van der Waals surface area contributed by atoms with Gasteiger partial charge in [0.15, 0.2) is 0 Å². The predicted molar refractivity (Wildman–Crippen MR) is 71.2 cm³/mol. The van der Waals surface area contributed by atoms with E-state index in [9.17, 15) is 13.6 Å². The highest BCUT2D eigenvalue weighted by molar-refractivity contribution is 5.85. The number of rotatable bonds is 2. The fourth-order valence-corrected chi connectivity index (χ4v) is 2.11. The lowest BCUT2D eigenvalue weighted by Crippen LogP contribution is -2.47. The Balaban J connectivity index is 0.00000200. The maximum atomic E-state index is 14.0. The molecule has 0 spiro atoms. The van der Waals surface area contributed by atoms with Crippen LogP contribution in [0, 0.1) is 17.0 Å². The summed E-state index contributed by atoms with van der Waals surface area (Å²) >= 11 is 0. The Hall–Kier alpha value is -1.56. The van der Waals surface area contributed by atoms with Crippen molar-refractivity contribution in [3.05, 3.63) is 29.3 Å². The molecule has 1 aromatic carbocycles. The van der Waals surface area contributed by atoms with Gasteiger partial charge in [0.25, 0.3) is 0 Å². The second kappa shape index (κ2) is 5.83. The van der Waals surface area contributed by atoms with Gasteiger partial charge in [0.05, 0.1) is 13.2 Å². The molecule has 1 saturated heterocycles. The molecule has 1 amide bonds. The summed E-state index contributed by atoms with van der Waals surface area (Å²) in [6, 6.07) is 1.39. The Bertz CT molecular complexity index is 499. The topological polar surface area (TPSA) is 47.6 Å². The highest BCUT2D eigenvalue weighted by Crippen LogP contribution is 2.39. The van der Waals surface area contributed by atoms with Gasteiger partial charge in [0.2, 0.25) is 0 Å². The van der Waals surface area contributed by atoms with Gasteiger partial charge in [-0.15, -0.1) is 12.4 Å². The van der Waals surface area contributed by atoms with Crippen molar-refractivity contribution in [1.29, 1.82) is 0 Å². The number of hydrogen-bond donors (Lipinski definition) is 1. The number of amides is 1. The second-order valence-corrected chi connectivity index (χ2v) is 5.15. The minimum atomic E-state index is -0.792. The number of methoxy groups -OCH3 is 1. The highest BCUT2D eigenvalue weighted by atomic mass is 35.5. The van der Waals surface area contributed by atoms with Crippen molar-refractivity contribution in [2.75, 3.05) is 13.7 Å². The number of carbonyl (C=O) groups is 1. The van der Waals surface area contributed by atoms with E-state index in [-0.39, 0.29) is 30.3 Å². The third kappa shape index (κ3) is 2.95. The number of hydrogen-bond acceptors (Lipinski definition) is 3. The zero-order chi connectivity index (χ0) is 14.2. The number of alkyl carbamates (subject to hydrolysis) is 1. The molecule has 1 atom stereocenters. The number of ether oxygens (including phenoxy) is 2. The van der Waals surface area contributed by atoms with Crippen LogP contribution >= 0.6 is 12.4 Å². The van der Waals surface area contributed by atoms with Crippen LogP contribution in [0.1, 0.15) is 25.5 Å². The van der Waals surface area contributed by atoms with Gasteiger partial charge in [-0.1, -0.05) is 13.8 Å². The Morgan fingerprint density at radius 2 is 1.90 bits per heavy atom. The van der Waals surface area contributed by atoms with Gasteiger partial charge in [0, 0.05) is 23.1 Å². The Kier molecular flexibility index (Phi) is 4.81. The molecule has 1 heterocycles. The minimum absolute atomic E-state index is 0. The molecule has 0 aromatic heterocycles. The normalized spacial score (nSPS) is 20.4. The van der Waals surface area contributed by atoms with Gasteiger partial charge in [0.1, 0.15) is 24.0 Å². The highest BCUT2D eigenvalue weighted by Gasteiger charge is 2.40. The average molecular weight is 308 g/mol. The lowest BCUT2D eigenvalue weighted by atomic mass is 9.80. The minimum Gasteiger partial charge on any atom is -0.497 e. The van der Waals surface area contributed by atoms with E-state index >= 15 is 0 Å². The number of carbonyl (C=O) groups excluding carboxylic acids is 1. The van der Waals surface area contributed by atoms with Crippen molar-refractivity contribution >= 4 is 18.5 Å². The van der Waals surface area contributed by atoms with E-state index in [0.717, 1.165) is 12.1 Å². The number of halogens is 3. The van der Waals surface area contributed by atoms with Crippen molar-refractivity contribution in [3.63, 3.8) is 0 Å². The summed E-state index contributed by atoms with van der Waals surface area (Å²) in [4.78, 5) is 11.3. The van der Waals surface area contributed by atoms with Crippen LogP contribution in [-0.4, -0.2) is 19.8 Å². The summed E-state index contributed by atoms with van der Waals surface area (Å²) in [7, 11) is 1.33. The second-order valence-electron chi connectivity index (χ2n) is 5.15. The molecule has 112 valence electrons. The van der Waals surface area contributed by atoms with Gasteiger partial charge in [-0.3, -0.25) is 0 Å². The van der Waals surface area contributed by atoms with Crippen LogP contribution in [0.5, 0.6) is 5.75 Å². The van der Waals surface area contributed by atoms with Crippen molar-refractivity contribution in [2.24, 2.45) is 5.41 Å². The van der Waals surface area contributed by atoms with E-state index in [4.69, 9.17) is 9.47 Å². The lowest BCUT2D eigenvalue weighted by Gasteiger charge is -2.38. The van der Waals surface area contributed by atoms with E-state index < -0.39 is 29.2 Å². The summed E-state index contributed by atoms with van der Waals surface area (Å²) in [6.45, 7) is 3.62. The quantitative estimate of drug-likeness (QED) is 0.912. The summed E-state index contributed by atoms with van der Waals surface area (Å²) in [5.41, 5.74) is -0.799. The molecule has 1 aliphatic heterocycles. The monoisotopic (exact) mass is 307 g/mol. The van der Waals surface area contributed by atoms with Crippen LogP contribution in [0.15, 0.2) is 12.1 Å². The van der Waals surface area contributed by atoms with Crippen LogP contribution in [0.3, 0.4) is 0 Å². The van der Waals surface area contributed by atoms with Crippen molar-refractivity contribution in [2.45, 2.75) is 19.9 Å². The number of benzene rings is 1. The van der Waals surface area contributed by atoms with Gasteiger partial charge in [-0.05, 0) is 0 Å². The standard InChI is InChI=1S/C13H15F2NO3.ClH/c1-13(2)6-19-12(17)16-11(13)10-8(14)4-7(18-3)5-9(10)15;/h4-5,11H,6H2,1-3H3,(H,16,17);1H/t11-;/m0./s1. The molecule has 4 nitrogen and oxygen atoms in total. The zero-order valence-corrected chi connectivity index (χ0v) is 12.1. The molecule has 0 bridgehead atoms. The Labute approximate surface area is 121 Å². The molecule has 1 N–H and O–H groups in total. The zero-order valence-electron chi connectivity index (χ0n) is 11.3. The average Bonchev–Trinajstić information content (AvgIpc) is 2.33. The molecule has 0 saturated carbocycles. The summed E-state index contributed by atoms with van der Waals surface area (Å²) in [5.74, 6) is -1.41. The van der Waals surface area contributed by atoms with Crippen molar-refractivity contribution in [3.8, 4) is 5.75 Å². The smallest absolute Gasteiger partial charge is 0.407 e. The number of nitrogens with one attached hydrogen (secondary N) is 1. The first-order valence-electron chi connectivity index (χ1n) is 5.81. The first-order chi connectivity index (χ1) is 8.85. The SMILES string of the molecule is COc1cc(F)c([C@@H]2NC(=O)OCC2(C)C)c(F)c1.Cl. The van der Waals surface area contributed by atoms with Gasteiger partial charge in [-0.2, -0.15) is 0 Å². The summed E-state index contributed by atoms with van der Waals surface area (Å²) in [6.07, 6.45) is -0.682. The van der Waals surface area contributed by atoms with E-state index in [1.807, 2.05) is 0 Å². The summed E-state index contributed by atoms with van der Waals surface area (Å²) < 4.78 is 37.7. The molecule has 0 unspecified atom stereocenters. The first kappa shape index (κ1) is 16.5. The van der Waals surface area contributed by atoms with Crippen LogP contribution in [-0.2, 0) is 4.74 Å². The van der Waals surface area contributed by atoms with Gasteiger partial charge in [-0.25, -0.2) is 13.6 Å². The van der Waals surface area contributed by atoms with E-state index in [1.165, 1.54) is 7.11 Å². The molecule has 20 heavy (non-hydrogen) atoms.